The van der Waals surface area contributed by atoms with Crippen LogP contribution in [0.4, 0.5) is 0 Å². The Kier molecular flexibility index (Phi) is 5.48. The Balaban J connectivity index is 2.49. The second-order valence-electron chi connectivity index (χ2n) is 4.48. The van der Waals surface area contributed by atoms with Crippen molar-refractivity contribution in [2.45, 2.75) is 51.0 Å². The van der Waals surface area contributed by atoms with Crippen LogP contribution in [0.1, 0.15) is 20.3 Å². The van der Waals surface area contributed by atoms with E-state index in [1.807, 2.05) is 6.92 Å². The molecule has 1 aliphatic rings. The standard InChI is InChI=1S/C11H20O7/c1-3-5(2)10(15)17-4-6-7(12)8(13)9(14)11(16)18-6/h5-9,11-14,16H,3-4H2,1-2H3/t5?,6-,7-,8+,9-,11+/m1/s1. The van der Waals surface area contributed by atoms with Gasteiger partial charge in [0.1, 0.15) is 31.0 Å². The van der Waals surface area contributed by atoms with Gasteiger partial charge in [-0.2, -0.15) is 0 Å². The molecule has 18 heavy (non-hydrogen) atoms. The quantitative estimate of drug-likeness (QED) is 0.451. The van der Waals surface area contributed by atoms with Gasteiger partial charge in [0.25, 0.3) is 0 Å². The topological polar surface area (TPSA) is 116 Å². The number of hydrogen-bond donors (Lipinski definition) is 4. The first kappa shape index (κ1) is 15.3. The third kappa shape index (κ3) is 3.39. The van der Waals surface area contributed by atoms with Crippen LogP contribution in [0.2, 0.25) is 0 Å². The molecule has 0 aromatic rings. The summed E-state index contributed by atoms with van der Waals surface area (Å²) in [6.45, 7) is 3.25. The van der Waals surface area contributed by atoms with E-state index in [1.165, 1.54) is 0 Å². The van der Waals surface area contributed by atoms with Gasteiger partial charge in [0.05, 0.1) is 5.92 Å². The Hall–Kier alpha value is -0.730. The van der Waals surface area contributed by atoms with E-state index < -0.39 is 36.7 Å². The maximum atomic E-state index is 11.4. The van der Waals surface area contributed by atoms with E-state index in [9.17, 15) is 25.2 Å². The fourth-order valence-corrected chi connectivity index (χ4v) is 1.54. The minimum atomic E-state index is -1.62. The van der Waals surface area contributed by atoms with Gasteiger partial charge in [0, 0.05) is 0 Å². The molecule has 1 rings (SSSR count). The fraction of sp³-hybridized carbons (Fsp3) is 0.909. The van der Waals surface area contributed by atoms with E-state index >= 15 is 0 Å². The second-order valence-corrected chi connectivity index (χ2v) is 4.48. The molecular formula is C11H20O7. The van der Waals surface area contributed by atoms with E-state index in [0.29, 0.717) is 6.42 Å². The highest BCUT2D eigenvalue weighted by atomic mass is 16.6. The Morgan fingerprint density at radius 1 is 1.22 bits per heavy atom. The van der Waals surface area contributed by atoms with Gasteiger partial charge in [-0.15, -0.1) is 0 Å². The van der Waals surface area contributed by atoms with Gasteiger partial charge in [-0.1, -0.05) is 13.8 Å². The SMILES string of the molecule is CCC(C)C(=O)OC[C@H]1O[C@H](O)[C@H](O)[C@@H](O)[C@@H]1O. The number of rotatable bonds is 4. The van der Waals surface area contributed by atoms with Crippen molar-refractivity contribution in [2.75, 3.05) is 6.61 Å². The molecule has 0 bridgehead atoms. The predicted molar refractivity (Wildman–Crippen MR) is 59.3 cm³/mol. The molecule has 0 radical (unpaired) electrons. The van der Waals surface area contributed by atoms with E-state index in [2.05, 4.69) is 0 Å². The van der Waals surface area contributed by atoms with Crippen molar-refractivity contribution in [3.05, 3.63) is 0 Å². The van der Waals surface area contributed by atoms with Gasteiger partial charge < -0.3 is 29.9 Å². The highest BCUT2D eigenvalue weighted by molar-refractivity contribution is 5.71. The Bertz CT molecular complexity index is 283. The van der Waals surface area contributed by atoms with Crippen molar-refractivity contribution in [1.82, 2.24) is 0 Å². The molecule has 0 saturated carbocycles. The van der Waals surface area contributed by atoms with Crippen molar-refractivity contribution in [3.63, 3.8) is 0 Å². The van der Waals surface area contributed by atoms with Crippen molar-refractivity contribution in [2.24, 2.45) is 5.92 Å². The largest absolute Gasteiger partial charge is 0.463 e. The molecule has 106 valence electrons. The zero-order valence-electron chi connectivity index (χ0n) is 10.4. The van der Waals surface area contributed by atoms with Gasteiger partial charge in [-0.3, -0.25) is 4.79 Å². The van der Waals surface area contributed by atoms with Crippen LogP contribution in [0.15, 0.2) is 0 Å². The van der Waals surface area contributed by atoms with E-state index in [0.717, 1.165) is 0 Å². The fourth-order valence-electron chi connectivity index (χ4n) is 1.54. The summed E-state index contributed by atoms with van der Waals surface area (Å²) < 4.78 is 9.77. The first-order valence-corrected chi connectivity index (χ1v) is 5.92. The van der Waals surface area contributed by atoms with Crippen molar-refractivity contribution < 1.29 is 34.7 Å². The van der Waals surface area contributed by atoms with Crippen molar-refractivity contribution in [1.29, 1.82) is 0 Å². The molecule has 0 aromatic carbocycles. The Morgan fingerprint density at radius 3 is 2.39 bits per heavy atom. The summed E-state index contributed by atoms with van der Waals surface area (Å²) in [4.78, 5) is 11.4. The zero-order chi connectivity index (χ0) is 13.9. The Labute approximate surface area is 105 Å². The summed E-state index contributed by atoms with van der Waals surface area (Å²) in [5.74, 6) is -0.713. The first-order chi connectivity index (χ1) is 8.38. The van der Waals surface area contributed by atoms with Crippen LogP contribution in [0.3, 0.4) is 0 Å². The van der Waals surface area contributed by atoms with Gasteiger partial charge in [-0.05, 0) is 6.42 Å². The van der Waals surface area contributed by atoms with Crippen LogP contribution < -0.4 is 0 Å². The lowest BCUT2D eigenvalue weighted by Gasteiger charge is -2.37. The smallest absolute Gasteiger partial charge is 0.308 e. The number of aliphatic hydroxyl groups excluding tert-OH is 4. The lowest BCUT2D eigenvalue weighted by Crippen LogP contribution is -2.58. The van der Waals surface area contributed by atoms with Crippen molar-refractivity contribution >= 4 is 5.97 Å². The lowest BCUT2D eigenvalue weighted by atomic mass is 9.99. The maximum absolute atomic E-state index is 11.4. The monoisotopic (exact) mass is 264 g/mol. The molecule has 0 aliphatic carbocycles. The summed E-state index contributed by atoms with van der Waals surface area (Å²) in [6.07, 6.45) is -6.60. The molecular weight excluding hydrogens is 244 g/mol. The molecule has 0 spiro atoms. The summed E-state index contributed by atoms with van der Waals surface area (Å²) >= 11 is 0. The average Bonchev–Trinajstić information content (AvgIpc) is 2.37. The zero-order valence-corrected chi connectivity index (χ0v) is 10.4. The van der Waals surface area contributed by atoms with Crippen LogP contribution in [-0.2, 0) is 14.3 Å². The van der Waals surface area contributed by atoms with Crippen LogP contribution >= 0.6 is 0 Å². The molecule has 1 unspecified atom stereocenters. The van der Waals surface area contributed by atoms with E-state index in [-0.39, 0.29) is 12.5 Å². The van der Waals surface area contributed by atoms with E-state index in [1.54, 1.807) is 6.92 Å². The van der Waals surface area contributed by atoms with Crippen LogP contribution in [-0.4, -0.2) is 63.7 Å². The number of ether oxygens (including phenoxy) is 2. The molecule has 1 aliphatic heterocycles. The second kappa shape index (κ2) is 6.44. The summed E-state index contributed by atoms with van der Waals surface area (Å²) in [5.41, 5.74) is 0. The minimum Gasteiger partial charge on any atom is -0.463 e. The normalized spacial score (nSPS) is 38.2. The summed E-state index contributed by atoms with van der Waals surface area (Å²) in [5, 5.41) is 37.5. The third-order valence-electron chi connectivity index (χ3n) is 3.09. The highest BCUT2D eigenvalue weighted by Gasteiger charge is 2.43. The molecule has 1 saturated heterocycles. The number of aliphatic hydroxyl groups is 4. The predicted octanol–water partition coefficient (Wildman–Crippen LogP) is -1.62. The number of carbonyl (C=O) groups excluding carboxylic acids is 1. The molecule has 1 fully saturated rings. The summed E-state index contributed by atoms with van der Waals surface area (Å²) in [7, 11) is 0. The molecule has 7 heteroatoms. The Morgan fingerprint density at radius 2 is 1.83 bits per heavy atom. The van der Waals surface area contributed by atoms with Crippen molar-refractivity contribution in [3.8, 4) is 0 Å². The molecule has 4 N–H and O–H groups in total. The first-order valence-electron chi connectivity index (χ1n) is 5.92. The van der Waals surface area contributed by atoms with Crippen LogP contribution in [0.5, 0.6) is 0 Å². The average molecular weight is 264 g/mol. The third-order valence-corrected chi connectivity index (χ3v) is 3.09. The molecule has 0 aromatic heterocycles. The molecule has 7 nitrogen and oxygen atoms in total. The van der Waals surface area contributed by atoms with Crippen LogP contribution in [0, 0.1) is 5.92 Å². The minimum absolute atomic E-state index is 0.272. The number of hydrogen-bond acceptors (Lipinski definition) is 7. The molecule has 1 heterocycles. The van der Waals surface area contributed by atoms with Gasteiger partial charge in [0.15, 0.2) is 6.29 Å². The van der Waals surface area contributed by atoms with Gasteiger partial charge in [0.2, 0.25) is 0 Å². The molecule has 0 amide bonds. The lowest BCUT2D eigenvalue weighted by molar-refractivity contribution is -0.287. The number of carbonyl (C=O) groups is 1. The number of esters is 1. The van der Waals surface area contributed by atoms with Gasteiger partial charge >= 0.3 is 5.97 Å². The summed E-state index contributed by atoms with van der Waals surface area (Å²) in [6, 6.07) is 0. The molecule has 6 atom stereocenters. The van der Waals surface area contributed by atoms with Gasteiger partial charge in [-0.25, -0.2) is 0 Å². The van der Waals surface area contributed by atoms with E-state index in [4.69, 9.17) is 9.47 Å². The highest BCUT2D eigenvalue weighted by Crippen LogP contribution is 2.20. The maximum Gasteiger partial charge on any atom is 0.308 e. The van der Waals surface area contributed by atoms with Crippen LogP contribution in [0.25, 0.3) is 0 Å².